The highest BCUT2D eigenvalue weighted by Gasteiger charge is 2.10. The van der Waals surface area contributed by atoms with E-state index in [0.29, 0.717) is 34.1 Å². The van der Waals surface area contributed by atoms with Gasteiger partial charge in [-0.2, -0.15) is 0 Å². The first-order chi connectivity index (χ1) is 21.6. The summed E-state index contributed by atoms with van der Waals surface area (Å²) in [6.07, 6.45) is 4.43. The molecule has 4 heterocycles. The smallest absolute Gasteiger partial charge is 0.337 e. The van der Waals surface area contributed by atoms with Gasteiger partial charge in [0.1, 0.15) is 0 Å². The maximum absolute atomic E-state index is 11.7. The van der Waals surface area contributed by atoms with Crippen LogP contribution in [0.3, 0.4) is 0 Å². The van der Waals surface area contributed by atoms with Crippen molar-refractivity contribution in [2.24, 2.45) is 0 Å². The van der Waals surface area contributed by atoms with Crippen molar-refractivity contribution < 1.29 is 19.4 Å². The Kier molecular flexibility index (Phi) is 9.66. The molecule has 0 aliphatic heterocycles. The van der Waals surface area contributed by atoms with Crippen LogP contribution in [-0.2, 0) is 17.6 Å². The van der Waals surface area contributed by atoms with Gasteiger partial charge in [0.15, 0.2) is 0 Å². The third-order valence-corrected chi connectivity index (χ3v) is 7.29. The predicted molar refractivity (Wildman–Crippen MR) is 175 cm³/mol. The molecule has 0 saturated carbocycles. The molecule has 226 valence electrons. The lowest BCUT2D eigenvalue weighted by molar-refractivity contribution is 0.0599. The average Bonchev–Trinajstić information content (AvgIpc) is 3.00. The van der Waals surface area contributed by atoms with Gasteiger partial charge in [-0.05, 0) is 85.6 Å². The van der Waals surface area contributed by atoms with Crippen LogP contribution >= 0.6 is 23.2 Å². The summed E-state index contributed by atoms with van der Waals surface area (Å²) in [5, 5.41) is 12.3. The molecule has 8 nitrogen and oxygen atoms in total. The fraction of sp³-hybridized carbons (Fsp3) is 0.143. The molecule has 0 bridgehead atoms. The molecule has 0 fully saturated rings. The van der Waals surface area contributed by atoms with Crippen LogP contribution in [0, 0.1) is 13.8 Å². The zero-order valence-corrected chi connectivity index (χ0v) is 26.2. The molecule has 0 spiro atoms. The van der Waals surface area contributed by atoms with Gasteiger partial charge in [0.25, 0.3) is 0 Å². The number of carboxylic acids is 1. The van der Waals surface area contributed by atoms with E-state index in [-0.39, 0.29) is 11.5 Å². The molecule has 4 aromatic heterocycles. The number of halogens is 2. The zero-order chi connectivity index (χ0) is 32.1. The van der Waals surface area contributed by atoms with Crippen molar-refractivity contribution in [2.45, 2.75) is 26.7 Å². The fourth-order valence-corrected chi connectivity index (χ4v) is 5.29. The number of rotatable bonds is 6. The molecule has 6 aromatic rings. The lowest BCUT2D eigenvalue weighted by atomic mass is 10.0. The molecule has 10 heteroatoms. The number of pyridine rings is 4. The minimum Gasteiger partial charge on any atom is -0.478 e. The number of carboxylic acid groups (broad SMARTS) is 1. The summed E-state index contributed by atoms with van der Waals surface area (Å²) < 4.78 is 4.78. The lowest BCUT2D eigenvalue weighted by Crippen LogP contribution is -2.05. The number of aromatic nitrogens is 4. The molecular weight excluding hydrogens is 611 g/mol. The second-order valence-electron chi connectivity index (χ2n) is 10.5. The molecule has 0 atom stereocenters. The van der Waals surface area contributed by atoms with Gasteiger partial charge < -0.3 is 9.84 Å². The van der Waals surface area contributed by atoms with E-state index >= 15 is 0 Å². The molecule has 0 unspecified atom stereocenters. The van der Waals surface area contributed by atoms with Crippen LogP contribution in [-0.4, -0.2) is 44.1 Å². The van der Waals surface area contributed by atoms with E-state index < -0.39 is 5.97 Å². The van der Waals surface area contributed by atoms with Crippen molar-refractivity contribution in [3.05, 3.63) is 140 Å². The standard InChI is InChI=1S/C18H15ClN2O2.C17H13ClN2O2/c1-11-5-14(18(22)23-2)9-16(21-11)7-12-3-4-17-13(6-12)8-15(19)10-20-17;1-10-4-13(17(21)22)8-15(20-10)6-11-2-3-16-12(5-11)7-14(18)9-19-16/h3-6,8-10H,7H2,1-2H3;2-5,7-9H,6H2,1H3,(H,21,22). The number of hydrogen-bond acceptors (Lipinski definition) is 7. The van der Waals surface area contributed by atoms with Gasteiger partial charge in [0.05, 0.1) is 39.3 Å². The van der Waals surface area contributed by atoms with Gasteiger partial charge in [-0.3, -0.25) is 19.9 Å². The number of benzene rings is 2. The number of nitrogens with zero attached hydrogens (tertiary/aromatic N) is 4. The Morgan fingerprint density at radius 3 is 1.62 bits per heavy atom. The Labute approximate surface area is 269 Å². The number of carbonyl (C=O) groups is 2. The molecule has 0 aliphatic rings. The van der Waals surface area contributed by atoms with Crippen molar-refractivity contribution in [3.8, 4) is 0 Å². The van der Waals surface area contributed by atoms with E-state index in [4.69, 9.17) is 33.0 Å². The van der Waals surface area contributed by atoms with E-state index in [0.717, 1.165) is 50.0 Å². The SMILES string of the molecule is COC(=O)c1cc(C)nc(Cc2ccc3ncc(Cl)cc3c2)c1.Cc1cc(C(=O)O)cc(Cc2ccc3ncc(Cl)cc3c2)n1. The quantitative estimate of drug-likeness (QED) is 0.183. The highest BCUT2D eigenvalue weighted by Crippen LogP contribution is 2.22. The van der Waals surface area contributed by atoms with E-state index in [9.17, 15) is 9.59 Å². The van der Waals surface area contributed by atoms with Gasteiger partial charge >= 0.3 is 11.9 Å². The average molecular weight is 640 g/mol. The molecule has 2 aromatic carbocycles. The molecule has 45 heavy (non-hydrogen) atoms. The first-order valence-electron chi connectivity index (χ1n) is 13.9. The second kappa shape index (κ2) is 13.8. The predicted octanol–water partition coefficient (Wildman–Crippen LogP) is 7.85. The maximum atomic E-state index is 11.7. The summed E-state index contributed by atoms with van der Waals surface area (Å²) >= 11 is 12.0. The minimum atomic E-state index is -0.943. The van der Waals surface area contributed by atoms with Crippen LogP contribution in [0.4, 0.5) is 0 Å². The summed E-state index contributed by atoms with van der Waals surface area (Å²) in [5.41, 5.74) is 7.68. The van der Waals surface area contributed by atoms with E-state index in [2.05, 4.69) is 19.9 Å². The number of hydrogen-bond donors (Lipinski definition) is 1. The highest BCUT2D eigenvalue weighted by molar-refractivity contribution is 6.31. The monoisotopic (exact) mass is 638 g/mol. The summed E-state index contributed by atoms with van der Waals surface area (Å²) in [5.74, 6) is -1.30. The molecule has 1 N–H and O–H groups in total. The minimum absolute atomic E-state index is 0.257. The third-order valence-electron chi connectivity index (χ3n) is 6.88. The number of methoxy groups -OCH3 is 1. The second-order valence-corrected chi connectivity index (χ2v) is 11.4. The van der Waals surface area contributed by atoms with Gasteiger partial charge in [0.2, 0.25) is 0 Å². The van der Waals surface area contributed by atoms with Crippen molar-refractivity contribution in [1.82, 2.24) is 19.9 Å². The number of ether oxygens (including phenoxy) is 1. The first kappa shape index (κ1) is 31.5. The molecule has 0 saturated heterocycles. The number of aromatic carboxylic acids is 1. The first-order valence-corrected chi connectivity index (χ1v) is 14.7. The number of aryl methyl sites for hydroxylation is 2. The highest BCUT2D eigenvalue weighted by atomic mass is 35.5. The van der Waals surface area contributed by atoms with Crippen LogP contribution in [0.25, 0.3) is 21.8 Å². The van der Waals surface area contributed by atoms with E-state index in [1.807, 2.05) is 55.5 Å². The van der Waals surface area contributed by atoms with Gasteiger partial charge in [-0.25, -0.2) is 9.59 Å². The maximum Gasteiger partial charge on any atom is 0.337 e. The summed E-state index contributed by atoms with van der Waals surface area (Å²) in [4.78, 5) is 40.3. The summed E-state index contributed by atoms with van der Waals surface area (Å²) in [7, 11) is 1.37. The van der Waals surface area contributed by atoms with E-state index in [1.165, 1.54) is 7.11 Å². The molecule has 0 aliphatic carbocycles. The van der Waals surface area contributed by atoms with Gasteiger partial charge in [0, 0.05) is 58.8 Å². The van der Waals surface area contributed by atoms with Crippen LogP contribution in [0.1, 0.15) is 54.6 Å². The van der Waals surface area contributed by atoms with Gasteiger partial charge in [-0.15, -0.1) is 0 Å². The molecule has 6 rings (SSSR count). The van der Waals surface area contributed by atoms with Crippen LogP contribution in [0.2, 0.25) is 10.0 Å². The normalized spacial score (nSPS) is 10.8. The van der Waals surface area contributed by atoms with Crippen molar-refractivity contribution in [1.29, 1.82) is 0 Å². The Morgan fingerprint density at radius 1 is 0.689 bits per heavy atom. The topological polar surface area (TPSA) is 115 Å². The summed E-state index contributed by atoms with van der Waals surface area (Å²) in [6, 6.07) is 22.3. The van der Waals surface area contributed by atoms with E-state index in [1.54, 1.807) is 43.6 Å². The largest absolute Gasteiger partial charge is 0.478 e. The zero-order valence-electron chi connectivity index (χ0n) is 24.7. The van der Waals surface area contributed by atoms with Crippen molar-refractivity contribution >= 4 is 56.9 Å². The third kappa shape index (κ3) is 8.17. The number of carbonyl (C=O) groups excluding carboxylic acids is 1. The van der Waals surface area contributed by atoms with Crippen molar-refractivity contribution in [2.75, 3.05) is 7.11 Å². The van der Waals surface area contributed by atoms with Crippen LogP contribution < -0.4 is 0 Å². The Hall–Kier alpha value is -4.92. The van der Waals surface area contributed by atoms with Crippen LogP contribution in [0.15, 0.2) is 85.2 Å². The molecule has 0 amide bonds. The number of esters is 1. The molecular formula is C35H28Cl2N4O4. The van der Waals surface area contributed by atoms with Crippen molar-refractivity contribution in [3.63, 3.8) is 0 Å². The Morgan fingerprint density at radius 2 is 1.16 bits per heavy atom. The number of fused-ring (bicyclic) bond motifs is 2. The van der Waals surface area contributed by atoms with Gasteiger partial charge in [-0.1, -0.05) is 35.3 Å². The Balaban J connectivity index is 0.000000178. The lowest BCUT2D eigenvalue weighted by Gasteiger charge is -2.07. The molecule has 0 radical (unpaired) electrons. The Bertz CT molecular complexity index is 2070. The van der Waals surface area contributed by atoms with Crippen LogP contribution in [0.5, 0.6) is 0 Å². The fourth-order valence-electron chi connectivity index (χ4n) is 4.96. The summed E-state index contributed by atoms with van der Waals surface area (Å²) in [6.45, 7) is 3.65.